The molecule has 9 heteroatoms. The molecule has 2 aromatic rings. The smallest absolute Gasteiger partial charge is 0.437 e. The summed E-state index contributed by atoms with van der Waals surface area (Å²) in [6, 6.07) is 12.8. The predicted molar refractivity (Wildman–Crippen MR) is 134 cm³/mol. The first-order chi connectivity index (χ1) is 17.2. The molecule has 0 aliphatic carbocycles. The summed E-state index contributed by atoms with van der Waals surface area (Å²) in [5.74, 6) is -4.62. The zero-order valence-corrected chi connectivity index (χ0v) is 21.4. The van der Waals surface area contributed by atoms with Crippen molar-refractivity contribution in [2.45, 2.75) is 63.5 Å². The highest BCUT2D eigenvalue weighted by Gasteiger charge is 2.52. The van der Waals surface area contributed by atoms with Crippen LogP contribution < -0.4 is 4.74 Å². The number of alkyl halides is 2. The Morgan fingerprint density at radius 3 is 2.69 bits per heavy atom. The van der Waals surface area contributed by atoms with Gasteiger partial charge in [-0.3, -0.25) is 4.79 Å². The van der Waals surface area contributed by atoms with E-state index in [0.29, 0.717) is 17.9 Å². The van der Waals surface area contributed by atoms with E-state index >= 15 is 0 Å². The maximum absolute atomic E-state index is 14.2. The Hall–Kier alpha value is -2.78. The van der Waals surface area contributed by atoms with E-state index in [9.17, 15) is 23.5 Å². The number of hydrogen-bond acceptors (Lipinski definition) is 6. The summed E-state index contributed by atoms with van der Waals surface area (Å²) in [4.78, 5) is 25.6. The number of aliphatic hydroxyl groups is 1. The van der Waals surface area contributed by atoms with Crippen molar-refractivity contribution in [3.8, 4) is 5.06 Å². The van der Waals surface area contributed by atoms with Crippen LogP contribution in [-0.2, 0) is 22.4 Å². The molecule has 1 amide bonds. The third kappa shape index (κ3) is 7.86. The van der Waals surface area contributed by atoms with Crippen LogP contribution in [0.15, 0.2) is 54.6 Å². The molecule has 1 aliphatic heterocycles. The Balaban J connectivity index is 1.50. The number of likely N-dealkylation sites (tertiary alicyclic amines) is 1. The number of ether oxygens (including phenoxy) is 2. The molecular formula is C27H33F2NO5S. The van der Waals surface area contributed by atoms with Gasteiger partial charge in [0.25, 0.3) is 5.91 Å². The quantitative estimate of drug-likeness (QED) is 0.289. The van der Waals surface area contributed by atoms with Gasteiger partial charge in [-0.05, 0) is 55.7 Å². The number of amides is 1. The molecule has 36 heavy (non-hydrogen) atoms. The second-order valence-electron chi connectivity index (χ2n) is 9.09. The predicted octanol–water partition coefficient (Wildman–Crippen LogP) is 5.64. The zero-order chi connectivity index (χ0) is 26.1. The van der Waals surface area contributed by atoms with Crippen molar-refractivity contribution in [3.05, 3.63) is 65.1 Å². The summed E-state index contributed by atoms with van der Waals surface area (Å²) >= 11 is 1.26. The number of carbonyl (C=O) groups excluding carboxylic acids is 2. The lowest BCUT2D eigenvalue weighted by molar-refractivity contribution is -0.148. The fourth-order valence-electron chi connectivity index (χ4n) is 4.23. The molecular weight excluding hydrogens is 488 g/mol. The van der Waals surface area contributed by atoms with Crippen molar-refractivity contribution in [1.82, 2.24) is 4.90 Å². The zero-order valence-electron chi connectivity index (χ0n) is 20.6. The Labute approximate surface area is 214 Å². The standard InChI is InChI=1S/C27H33F2NO5S/c1-19(8-6-11-20-9-4-3-5-10-20)23(31)15-13-21-18-27(28,29)25(32)30(21)17-7-12-22-14-16-24(36-22)35-26(33)34-2/h3-5,9-10,13-16,19,21,23,31H,6-8,11-12,17-18H2,1-2H3/b15-13+/t19-,21-,23+/m0/s1. The number of nitrogens with zero attached hydrogens (tertiary/aromatic N) is 1. The van der Waals surface area contributed by atoms with E-state index in [4.69, 9.17) is 4.74 Å². The van der Waals surface area contributed by atoms with Crippen LogP contribution in [0.4, 0.5) is 13.6 Å². The highest BCUT2D eigenvalue weighted by atomic mass is 32.1. The first-order valence-corrected chi connectivity index (χ1v) is 12.9. The van der Waals surface area contributed by atoms with Gasteiger partial charge >= 0.3 is 12.1 Å². The van der Waals surface area contributed by atoms with Gasteiger partial charge in [-0.25, -0.2) is 4.79 Å². The molecule has 2 heterocycles. The minimum absolute atomic E-state index is 0.0312. The number of halogens is 2. The van der Waals surface area contributed by atoms with Gasteiger partial charge in [0.1, 0.15) is 0 Å². The minimum Gasteiger partial charge on any atom is -0.437 e. The molecule has 0 radical (unpaired) electrons. The number of aliphatic hydroxyl groups excluding tert-OH is 1. The molecule has 1 saturated heterocycles. The molecule has 1 aliphatic rings. The number of hydrogen-bond donors (Lipinski definition) is 1. The number of aryl methyl sites for hydroxylation is 2. The highest BCUT2D eigenvalue weighted by molar-refractivity contribution is 7.13. The van der Waals surface area contributed by atoms with Gasteiger partial charge in [-0.1, -0.05) is 49.4 Å². The maximum atomic E-state index is 14.2. The van der Waals surface area contributed by atoms with Crippen LogP contribution in [0.1, 0.15) is 43.0 Å². The highest BCUT2D eigenvalue weighted by Crippen LogP contribution is 2.35. The molecule has 3 rings (SSSR count). The lowest BCUT2D eigenvalue weighted by atomic mass is 9.95. The Bertz CT molecular complexity index is 1030. The van der Waals surface area contributed by atoms with Crippen LogP contribution in [0.5, 0.6) is 5.06 Å². The summed E-state index contributed by atoms with van der Waals surface area (Å²) < 4.78 is 37.8. The van der Waals surface area contributed by atoms with E-state index in [1.807, 2.05) is 25.1 Å². The van der Waals surface area contributed by atoms with Gasteiger partial charge in [0.05, 0.1) is 19.3 Å². The molecule has 6 nitrogen and oxygen atoms in total. The molecule has 0 bridgehead atoms. The Morgan fingerprint density at radius 1 is 1.22 bits per heavy atom. The average Bonchev–Trinajstić information content (AvgIpc) is 3.39. The largest absolute Gasteiger partial charge is 0.514 e. The summed E-state index contributed by atoms with van der Waals surface area (Å²) in [5, 5.41) is 10.9. The van der Waals surface area contributed by atoms with Gasteiger partial charge in [0, 0.05) is 17.8 Å². The van der Waals surface area contributed by atoms with Gasteiger partial charge in [-0.15, -0.1) is 11.3 Å². The lowest BCUT2D eigenvalue weighted by Gasteiger charge is -2.22. The SMILES string of the molecule is COC(=O)Oc1ccc(CCCN2C(=O)C(F)(F)C[C@@H]2/C=C/[C@@H](O)[C@@H](C)CCCc2ccccc2)s1. The summed E-state index contributed by atoms with van der Waals surface area (Å²) in [6.45, 7) is 2.10. The second kappa shape index (κ2) is 13.0. The number of thiophene rings is 1. The third-order valence-electron chi connectivity index (χ3n) is 6.33. The van der Waals surface area contributed by atoms with Crippen molar-refractivity contribution in [2.24, 2.45) is 5.92 Å². The van der Waals surface area contributed by atoms with Crippen LogP contribution in [0.25, 0.3) is 0 Å². The van der Waals surface area contributed by atoms with Crippen molar-refractivity contribution in [2.75, 3.05) is 13.7 Å². The number of methoxy groups -OCH3 is 1. The first kappa shape index (κ1) is 27.8. The molecule has 3 atom stereocenters. The minimum atomic E-state index is -3.41. The number of benzene rings is 1. The normalized spacial score (nSPS) is 19.0. The van der Waals surface area contributed by atoms with Crippen molar-refractivity contribution >= 4 is 23.4 Å². The van der Waals surface area contributed by atoms with Crippen LogP contribution in [0.2, 0.25) is 0 Å². The van der Waals surface area contributed by atoms with Crippen LogP contribution >= 0.6 is 11.3 Å². The van der Waals surface area contributed by atoms with Gasteiger partial charge in [-0.2, -0.15) is 8.78 Å². The summed E-state index contributed by atoms with van der Waals surface area (Å²) in [5.41, 5.74) is 1.24. The third-order valence-corrected chi connectivity index (χ3v) is 7.35. The maximum Gasteiger partial charge on any atom is 0.514 e. The Kier molecular flexibility index (Phi) is 10.0. The van der Waals surface area contributed by atoms with Crippen molar-refractivity contribution in [3.63, 3.8) is 0 Å². The number of rotatable bonds is 12. The van der Waals surface area contributed by atoms with E-state index in [1.165, 1.54) is 28.9 Å². The lowest BCUT2D eigenvalue weighted by Crippen LogP contribution is -2.36. The molecule has 0 unspecified atom stereocenters. The van der Waals surface area contributed by atoms with Crippen molar-refractivity contribution < 1.29 is 33.0 Å². The fraction of sp³-hybridized carbons (Fsp3) is 0.481. The average molecular weight is 522 g/mol. The molecule has 1 aromatic heterocycles. The van der Waals surface area contributed by atoms with Gasteiger partial charge in [0.2, 0.25) is 0 Å². The molecule has 1 N–H and O–H groups in total. The van der Waals surface area contributed by atoms with Gasteiger partial charge < -0.3 is 19.5 Å². The van der Waals surface area contributed by atoms with Crippen LogP contribution in [0.3, 0.4) is 0 Å². The molecule has 1 fully saturated rings. The van der Waals surface area contributed by atoms with E-state index in [1.54, 1.807) is 24.3 Å². The molecule has 0 saturated carbocycles. The fourth-order valence-corrected chi connectivity index (χ4v) is 5.12. The monoisotopic (exact) mass is 521 g/mol. The summed E-state index contributed by atoms with van der Waals surface area (Å²) in [7, 11) is 1.22. The van der Waals surface area contributed by atoms with E-state index in [0.717, 1.165) is 24.1 Å². The van der Waals surface area contributed by atoms with E-state index in [2.05, 4.69) is 16.9 Å². The van der Waals surface area contributed by atoms with E-state index in [-0.39, 0.29) is 12.5 Å². The van der Waals surface area contributed by atoms with Gasteiger partial charge in [0.15, 0.2) is 5.06 Å². The second-order valence-corrected chi connectivity index (χ2v) is 10.2. The summed E-state index contributed by atoms with van der Waals surface area (Å²) in [6.07, 6.45) is 4.57. The molecule has 1 aromatic carbocycles. The Morgan fingerprint density at radius 2 is 1.97 bits per heavy atom. The van der Waals surface area contributed by atoms with E-state index < -0.39 is 36.6 Å². The van der Waals surface area contributed by atoms with Crippen molar-refractivity contribution in [1.29, 1.82) is 0 Å². The number of carbonyl (C=O) groups is 2. The molecule has 0 spiro atoms. The first-order valence-electron chi connectivity index (χ1n) is 12.1. The van der Waals surface area contributed by atoms with Crippen LogP contribution in [0, 0.1) is 5.92 Å². The van der Waals surface area contributed by atoms with Crippen LogP contribution in [-0.4, -0.2) is 53.8 Å². The molecule has 196 valence electrons. The topological polar surface area (TPSA) is 76.1 Å².